The first-order chi connectivity index (χ1) is 9.69. The first-order valence-corrected chi connectivity index (χ1v) is 7.38. The highest BCUT2D eigenvalue weighted by molar-refractivity contribution is 14.0. The van der Waals surface area contributed by atoms with E-state index in [2.05, 4.69) is 16.2 Å². The van der Waals surface area contributed by atoms with Crippen molar-refractivity contribution in [3.63, 3.8) is 0 Å². The Morgan fingerprint density at radius 2 is 1.90 bits per heavy atom. The number of nitrogens with two attached hydrogens (primary N) is 1. The summed E-state index contributed by atoms with van der Waals surface area (Å²) in [4.78, 5) is 4.53. The number of nitrogens with zero attached hydrogens (tertiary/aromatic N) is 1. The van der Waals surface area contributed by atoms with Crippen molar-refractivity contribution in [1.29, 1.82) is 0 Å². The molecule has 21 heavy (non-hydrogen) atoms. The van der Waals surface area contributed by atoms with Crippen LogP contribution in [0.1, 0.15) is 43.7 Å². The zero-order valence-electron chi connectivity index (χ0n) is 11.9. The Labute approximate surface area is 148 Å². The predicted octanol–water partition coefficient (Wildman–Crippen LogP) is 3.87. The summed E-state index contributed by atoms with van der Waals surface area (Å²) >= 11 is 5.87. The van der Waals surface area contributed by atoms with Crippen molar-refractivity contribution >= 4 is 41.5 Å². The number of halogens is 2. The van der Waals surface area contributed by atoms with Crippen molar-refractivity contribution in [2.24, 2.45) is 10.7 Å². The number of benzene rings is 1. The van der Waals surface area contributed by atoms with E-state index in [0.29, 0.717) is 17.0 Å². The van der Waals surface area contributed by atoms with Gasteiger partial charge in [0.05, 0.1) is 6.04 Å². The molecule has 0 radical (unpaired) electrons. The lowest BCUT2D eigenvalue weighted by Gasteiger charge is -2.20. The second-order valence-corrected chi connectivity index (χ2v) is 5.54. The zero-order chi connectivity index (χ0) is 14.4. The van der Waals surface area contributed by atoms with E-state index in [-0.39, 0.29) is 30.0 Å². The molecule has 0 spiro atoms. The molecule has 1 aromatic carbocycles. The van der Waals surface area contributed by atoms with Gasteiger partial charge in [-0.2, -0.15) is 0 Å². The third-order valence-electron chi connectivity index (χ3n) is 3.56. The topological polar surface area (TPSA) is 50.4 Å². The molecule has 0 amide bonds. The molecule has 2 rings (SSSR count). The van der Waals surface area contributed by atoms with Crippen molar-refractivity contribution in [2.45, 2.75) is 44.2 Å². The van der Waals surface area contributed by atoms with Crippen molar-refractivity contribution in [3.05, 3.63) is 34.9 Å². The number of aliphatic imine (C=N–C) groups is 1. The molecule has 0 heterocycles. The maximum Gasteiger partial charge on any atom is 0.190 e. The minimum atomic E-state index is -0.278. The monoisotopic (exact) mass is 417 g/mol. The lowest BCUT2D eigenvalue weighted by Crippen LogP contribution is -2.36. The first-order valence-electron chi connectivity index (χ1n) is 7.00. The van der Waals surface area contributed by atoms with Crippen LogP contribution in [0.15, 0.2) is 29.3 Å². The summed E-state index contributed by atoms with van der Waals surface area (Å²) in [6.07, 6.45) is 11.6. The molecule has 1 aliphatic carbocycles. The molecule has 1 fully saturated rings. The van der Waals surface area contributed by atoms with Crippen molar-refractivity contribution in [2.75, 3.05) is 0 Å². The highest BCUT2D eigenvalue weighted by atomic mass is 127. The number of hydrogen-bond acceptors (Lipinski definition) is 1. The summed E-state index contributed by atoms with van der Waals surface area (Å²) < 4.78 is 0. The maximum absolute atomic E-state index is 5.97. The number of hydrogen-bond donors (Lipinski definition) is 2. The van der Waals surface area contributed by atoms with E-state index in [1.54, 1.807) is 0 Å². The molecule has 114 valence electrons. The molecule has 1 unspecified atom stereocenters. The molecule has 0 aromatic heterocycles. The Morgan fingerprint density at radius 3 is 2.48 bits per heavy atom. The van der Waals surface area contributed by atoms with E-state index in [0.717, 1.165) is 18.4 Å². The standard InChI is InChI=1S/C16H20ClN3.HI/c1-2-15(12-8-10-13(17)11-9-12)20-16(18)19-14-6-4-3-5-7-14;/h1,8-11,14-15H,3-7H2,(H3,18,19,20);1H. The van der Waals surface area contributed by atoms with E-state index in [1.807, 2.05) is 24.3 Å². The van der Waals surface area contributed by atoms with Gasteiger partial charge in [0.25, 0.3) is 0 Å². The van der Waals surface area contributed by atoms with Crippen LogP contribution in [0.5, 0.6) is 0 Å². The molecular weight excluding hydrogens is 397 g/mol. The summed E-state index contributed by atoms with van der Waals surface area (Å²) in [5, 5.41) is 3.79. The smallest absolute Gasteiger partial charge is 0.190 e. The van der Waals surface area contributed by atoms with Crippen molar-refractivity contribution in [1.82, 2.24) is 5.32 Å². The summed E-state index contributed by atoms with van der Waals surface area (Å²) in [6, 6.07) is 7.48. The Morgan fingerprint density at radius 1 is 1.29 bits per heavy atom. The second kappa shape index (κ2) is 9.16. The number of terminal acetylenes is 1. The number of guanidine groups is 1. The molecule has 1 saturated carbocycles. The summed E-state index contributed by atoms with van der Waals surface area (Å²) in [5.41, 5.74) is 6.92. The van der Waals surface area contributed by atoms with Crippen molar-refractivity contribution < 1.29 is 0 Å². The molecule has 1 aliphatic rings. The largest absolute Gasteiger partial charge is 0.370 e. The molecule has 0 saturated heterocycles. The molecule has 3 nitrogen and oxygen atoms in total. The van der Waals surface area contributed by atoms with Crippen LogP contribution in [0.25, 0.3) is 0 Å². The molecule has 1 aromatic rings. The lowest BCUT2D eigenvalue weighted by molar-refractivity contribution is 0.442. The number of nitrogens with one attached hydrogen (secondary N) is 1. The summed E-state index contributed by atoms with van der Waals surface area (Å²) in [7, 11) is 0. The summed E-state index contributed by atoms with van der Waals surface area (Å²) in [6.45, 7) is 0. The van der Waals surface area contributed by atoms with Gasteiger partial charge in [0.15, 0.2) is 5.96 Å². The Balaban J connectivity index is 0.00000220. The molecule has 5 heteroatoms. The van der Waals surface area contributed by atoms with Gasteiger partial charge in [0.1, 0.15) is 6.04 Å². The van der Waals surface area contributed by atoms with Crippen molar-refractivity contribution in [3.8, 4) is 12.3 Å². The second-order valence-electron chi connectivity index (χ2n) is 5.10. The van der Waals surface area contributed by atoms with Gasteiger partial charge in [-0.25, -0.2) is 0 Å². The van der Waals surface area contributed by atoms with Gasteiger partial charge in [0, 0.05) is 5.02 Å². The average molecular weight is 418 g/mol. The number of rotatable bonds is 3. The van der Waals surface area contributed by atoms with Gasteiger partial charge >= 0.3 is 0 Å². The van der Waals surface area contributed by atoms with Gasteiger partial charge in [-0.3, -0.25) is 4.99 Å². The van der Waals surface area contributed by atoms with Crippen LogP contribution in [0.2, 0.25) is 5.02 Å². The molecule has 1 atom stereocenters. The zero-order valence-corrected chi connectivity index (χ0v) is 15.0. The SMILES string of the molecule is C#CC(NC(N)=NC1CCCCC1)c1ccc(Cl)cc1.I. The molecule has 3 N–H and O–H groups in total. The third-order valence-corrected chi connectivity index (χ3v) is 3.81. The molecular formula is C16H21ClIN3. The fourth-order valence-corrected chi connectivity index (χ4v) is 2.59. The highest BCUT2D eigenvalue weighted by Crippen LogP contribution is 2.20. The van der Waals surface area contributed by atoms with Crippen LogP contribution in [0.3, 0.4) is 0 Å². The van der Waals surface area contributed by atoms with Gasteiger partial charge in [0.2, 0.25) is 0 Å². The Bertz CT molecular complexity index is 501. The average Bonchev–Trinajstić information content (AvgIpc) is 2.47. The van der Waals surface area contributed by atoms with E-state index < -0.39 is 0 Å². The summed E-state index contributed by atoms with van der Waals surface area (Å²) in [5.74, 6) is 3.12. The first kappa shape index (κ1) is 18.1. The van der Waals surface area contributed by atoms with Gasteiger partial charge in [-0.15, -0.1) is 30.4 Å². The maximum atomic E-state index is 5.97. The van der Waals surface area contributed by atoms with Crippen LogP contribution in [-0.2, 0) is 0 Å². The third kappa shape index (κ3) is 5.76. The minimum absolute atomic E-state index is 0. The van der Waals surface area contributed by atoms with E-state index >= 15 is 0 Å². The highest BCUT2D eigenvalue weighted by Gasteiger charge is 2.14. The van der Waals surface area contributed by atoms with Crippen LogP contribution in [0.4, 0.5) is 0 Å². The van der Waals surface area contributed by atoms with Gasteiger partial charge < -0.3 is 11.1 Å². The molecule has 0 aliphatic heterocycles. The predicted molar refractivity (Wildman–Crippen MR) is 100 cm³/mol. The van der Waals surface area contributed by atoms with Crippen LogP contribution >= 0.6 is 35.6 Å². The Hall–Kier alpha value is -0.930. The lowest BCUT2D eigenvalue weighted by atomic mass is 9.96. The fourth-order valence-electron chi connectivity index (χ4n) is 2.47. The van der Waals surface area contributed by atoms with Gasteiger partial charge in [-0.05, 0) is 30.5 Å². The van der Waals surface area contributed by atoms with E-state index in [1.165, 1.54) is 19.3 Å². The van der Waals surface area contributed by atoms with Crippen LogP contribution in [0, 0.1) is 12.3 Å². The normalized spacial score (nSPS) is 17.4. The minimum Gasteiger partial charge on any atom is -0.370 e. The van der Waals surface area contributed by atoms with Crippen LogP contribution in [-0.4, -0.2) is 12.0 Å². The quantitative estimate of drug-likeness (QED) is 0.339. The van der Waals surface area contributed by atoms with E-state index in [9.17, 15) is 0 Å². The fraction of sp³-hybridized carbons (Fsp3) is 0.438. The van der Waals surface area contributed by atoms with Crippen LogP contribution < -0.4 is 11.1 Å². The van der Waals surface area contributed by atoms with Gasteiger partial charge in [-0.1, -0.05) is 48.9 Å². The van der Waals surface area contributed by atoms with E-state index in [4.69, 9.17) is 23.8 Å². The molecule has 0 bridgehead atoms. The Kier molecular flexibility index (Phi) is 7.91.